The van der Waals surface area contributed by atoms with Crippen molar-refractivity contribution in [3.63, 3.8) is 0 Å². The van der Waals surface area contributed by atoms with Gasteiger partial charge < -0.3 is 19.5 Å². The molecule has 0 spiro atoms. The number of carbonyl (C=O) groups excluding carboxylic acids is 1. The van der Waals surface area contributed by atoms with Crippen LogP contribution in [0.5, 0.6) is 17.2 Å². The van der Waals surface area contributed by atoms with Crippen molar-refractivity contribution in [2.75, 3.05) is 21.3 Å². The van der Waals surface area contributed by atoms with Gasteiger partial charge in [-0.25, -0.2) is 0 Å². The summed E-state index contributed by atoms with van der Waals surface area (Å²) in [7, 11) is 4.71. The highest BCUT2D eigenvalue weighted by atomic mass is 16.5. The molecular weight excluding hydrogens is 306 g/mol. The lowest BCUT2D eigenvalue weighted by molar-refractivity contribution is -0.117. The molecule has 0 saturated heterocycles. The van der Waals surface area contributed by atoms with Gasteiger partial charge in [0, 0.05) is 12.1 Å². The first-order valence-corrected chi connectivity index (χ1v) is 8.36. The normalized spacial score (nSPS) is 20.7. The van der Waals surface area contributed by atoms with Gasteiger partial charge in [-0.05, 0) is 42.5 Å². The predicted octanol–water partition coefficient (Wildman–Crippen LogP) is 3.42. The molecule has 1 aliphatic carbocycles. The molecule has 0 aliphatic heterocycles. The molecule has 0 bridgehead atoms. The first kappa shape index (κ1) is 18.2. The van der Waals surface area contributed by atoms with E-state index in [-0.39, 0.29) is 11.9 Å². The van der Waals surface area contributed by atoms with Crippen molar-refractivity contribution in [1.29, 1.82) is 0 Å². The van der Waals surface area contributed by atoms with Gasteiger partial charge in [0.25, 0.3) is 0 Å². The minimum absolute atomic E-state index is 0.0668. The zero-order valence-corrected chi connectivity index (χ0v) is 14.9. The molecule has 5 heteroatoms. The summed E-state index contributed by atoms with van der Waals surface area (Å²) in [6.07, 6.45) is 7.88. The van der Waals surface area contributed by atoms with Crippen LogP contribution in [-0.2, 0) is 4.79 Å². The number of amides is 1. The Morgan fingerprint density at radius 2 is 1.79 bits per heavy atom. The Balaban J connectivity index is 2.06. The third kappa shape index (κ3) is 4.66. The highest BCUT2D eigenvalue weighted by Crippen LogP contribution is 2.38. The zero-order chi connectivity index (χ0) is 17.5. The van der Waals surface area contributed by atoms with Crippen molar-refractivity contribution in [1.82, 2.24) is 5.32 Å². The molecule has 1 aromatic carbocycles. The number of hydrogen-bond donors (Lipinski definition) is 1. The molecule has 0 radical (unpaired) electrons. The molecular formula is C19H27NO4. The monoisotopic (exact) mass is 333 g/mol. The van der Waals surface area contributed by atoms with Crippen molar-refractivity contribution in [3.8, 4) is 17.2 Å². The Morgan fingerprint density at radius 3 is 2.33 bits per heavy atom. The van der Waals surface area contributed by atoms with Gasteiger partial charge in [-0.2, -0.15) is 0 Å². The summed E-state index contributed by atoms with van der Waals surface area (Å²) in [4.78, 5) is 12.1. The maximum Gasteiger partial charge on any atom is 0.244 e. The average molecular weight is 333 g/mol. The summed E-state index contributed by atoms with van der Waals surface area (Å²) in [6, 6.07) is 3.91. The standard InChI is InChI=1S/C19H27NO4/c1-13-6-5-7-15(10-13)20-18(21)9-8-14-11-16(22-2)19(24-4)17(12-14)23-3/h8-9,11-13,15H,5-7,10H2,1-4H3,(H,20,21)/b9-8+. The Hall–Kier alpha value is -2.17. The molecule has 5 nitrogen and oxygen atoms in total. The van der Waals surface area contributed by atoms with Gasteiger partial charge >= 0.3 is 0 Å². The number of ether oxygens (including phenoxy) is 3. The second-order valence-corrected chi connectivity index (χ2v) is 6.27. The Labute approximate surface area is 144 Å². The Bertz CT molecular complexity index is 572. The highest BCUT2D eigenvalue weighted by Gasteiger charge is 2.19. The third-order valence-corrected chi connectivity index (χ3v) is 4.40. The molecule has 1 fully saturated rings. The molecule has 1 aliphatic rings. The lowest BCUT2D eigenvalue weighted by atomic mass is 9.87. The molecule has 0 aromatic heterocycles. The van der Waals surface area contributed by atoms with Gasteiger partial charge in [0.15, 0.2) is 11.5 Å². The van der Waals surface area contributed by atoms with Crippen LogP contribution >= 0.6 is 0 Å². The first-order chi connectivity index (χ1) is 11.6. The van der Waals surface area contributed by atoms with Gasteiger partial charge in [-0.15, -0.1) is 0 Å². The van der Waals surface area contributed by atoms with Crippen LogP contribution in [-0.4, -0.2) is 33.3 Å². The number of hydrogen-bond acceptors (Lipinski definition) is 4. The molecule has 2 atom stereocenters. The summed E-state index contributed by atoms with van der Waals surface area (Å²) in [6.45, 7) is 2.24. The van der Waals surface area contributed by atoms with Gasteiger partial charge in [-0.1, -0.05) is 19.8 Å². The van der Waals surface area contributed by atoms with E-state index >= 15 is 0 Å². The second kappa shape index (κ2) is 8.62. The fourth-order valence-corrected chi connectivity index (χ4v) is 3.18. The summed E-state index contributed by atoms with van der Waals surface area (Å²) in [5.74, 6) is 2.29. The lowest BCUT2D eigenvalue weighted by Gasteiger charge is -2.26. The van der Waals surface area contributed by atoms with E-state index in [2.05, 4.69) is 12.2 Å². The SMILES string of the molecule is COc1cc(/C=C/C(=O)NC2CCCC(C)C2)cc(OC)c1OC. The Kier molecular flexibility index (Phi) is 6.53. The average Bonchev–Trinajstić information content (AvgIpc) is 2.58. The fourth-order valence-electron chi connectivity index (χ4n) is 3.18. The van der Waals surface area contributed by atoms with E-state index in [0.29, 0.717) is 23.2 Å². The molecule has 1 N–H and O–H groups in total. The van der Waals surface area contributed by atoms with Crippen molar-refractivity contribution >= 4 is 12.0 Å². The largest absolute Gasteiger partial charge is 0.493 e. The van der Waals surface area contributed by atoms with Crippen LogP contribution in [0.3, 0.4) is 0 Å². The highest BCUT2D eigenvalue weighted by molar-refractivity contribution is 5.92. The smallest absolute Gasteiger partial charge is 0.244 e. The van der Waals surface area contributed by atoms with E-state index in [1.54, 1.807) is 33.5 Å². The van der Waals surface area contributed by atoms with Gasteiger partial charge in [-0.3, -0.25) is 4.79 Å². The van der Waals surface area contributed by atoms with Crippen molar-refractivity contribution in [2.24, 2.45) is 5.92 Å². The van der Waals surface area contributed by atoms with Gasteiger partial charge in [0.05, 0.1) is 21.3 Å². The van der Waals surface area contributed by atoms with E-state index in [4.69, 9.17) is 14.2 Å². The van der Waals surface area contributed by atoms with E-state index < -0.39 is 0 Å². The maximum absolute atomic E-state index is 12.1. The number of benzene rings is 1. The fraction of sp³-hybridized carbons (Fsp3) is 0.526. The molecule has 1 amide bonds. The molecule has 24 heavy (non-hydrogen) atoms. The minimum Gasteiger partial charge on any atom is -0.493 e. The van der Waals surface area contributed by atoms with E-state index in [9.17, 15) is 4.79 Å². The predicted molar refractivity (Wildman–Crippen MR) is 94.7 cm³/mol. The molecule has 1 saturated carbocycles. The van der Waals surface area contributed by atoms with Gasteiger partial charge in [0.2, 0.25) is 11.7 Å². The van der Waals surface area contributed by atoms with Crippen LogP contribution in [0.25, 0.3) is 6.08 Å². The topological polar surface area (TPSA) is 56.8 Å². The molecule has 1 aromatic rings. The summed E-state index contributed by atoms with van der Waals surface area (Å²) in [5, 5.41) is 3.09. The molecule has 132 valence electrons. The van der Waals surface area contributed by atoms with E-state index in [0.717, 1.165) is 18.4 Å². The second-order valence-electron chi connectivity index (χ2n) is 6.27. The van der Waals surface area contributed by atoms with Crippen molar-refractivity contribution in [2.45, 2.75) is 38.6 Å². The lowest BCUT2D eigenvalue weighted by Crippen LogP contribution is -2.36. The van der Waals surface area contributed by atoms with Crippen LogP contribution in [0.15, 0.2) is 18.2 Å². The minimum atomic E-state index is -0.0668. The van der Waals surface area contributed by atoms with Crippen LogP contribution in [0.1, 0.15) is 38.2 Å². The summed E-state index contributed by atoms with van der Waals surface area (Å²) < 4.78 is 15.9. The van der Waals surface area contributed by atoms with Crippen LogP contribution in [0, 0.1) is 5.92 Å². The summed E-state index contributed by atoms with van der Waals surface area (Å²) >= 11 is 0. The van der Waals surface area contributed by atoms with E-state index in [1.807, 2.05) is 12.1 Å². The van der Waals surface area contributed by atoms with Crippen LogP contribution in [0.2, 0.25) is 0 Å². The Morgan fingerprint density at radius 1 is 1.12 bits per heavy atom. The number of nitrogens with one attached hydrogen (secondary N) is 1. The number of methoxy groups -OCH3 is 3. The van der Waals surface area contributed by atoms with Crippen LogP contribution < -0.4 is 19.5 Å². The quantitative estimate of drug-likeness (QED) is 0.811. The van der Waals surface area contributed by atoms with Crippen molar-refractivity contribution in [3.05, 3.63) is 23.8 Å². The number of carbonyl (C=O) groups is 1. The number of rotatable bonds is 6. The van der Waals surface area contributed by atoms with Crippen LogP contribution in [0.4, 0.5) is 0 Å². The molecule has 2 unspecified atom stereocenters. The third-order valence-electron chi connectivity index (χ3n) is 4.40. The van der Waals surface area contributed by atoms with Crippen molar-refractivity contribution < 1.29 is 19.0 Å². The van der Waals surface area contributed by atoms with Gasteiger partial charge in [0.1, 0.15) is 0 Å². The zero-order valence-electron chi connectivity index (χ0n) is 14.9. The first-order valence-electron chi connectivity index (χ1n) is 8.36. The summed E-state index contributed by atoms with van der Waals surface area (Å²) in [5.41, 5.74) is 0.816. The van der Waals surface area contributed by atoms with E-state index in [1.165, 1.54) is 12.8 Å². The maximum atomic E-state index is 12.1. The molecule has 2 rings (SSSR count). The molecule has 0 heterocycles.